The number of aromatic nitrogens is 2. The number of ether oxygens (including phenoxy) is 2. The van der Waals surface area contributed by atoms with Crippen LogP contribution in [-0.4, -0.2) is 15.1 Å². The van der Waals surface area contributed by atoms with E-state index in [1.807, 2.05) is 18.2 Å². The minimum absolute atomic E-state index is 0.0468. The Balaban J connectivity index is 1.59. The zero-order valence-electron chi connectivity index (χ0n) is 16.1. The van der Waals surface area contributed by atoms with Crippen molar-refractivity contribution in [3.63, 3.8) is 0 Å². The molecule has 0 aliphatic heterocycles. The smallest absolute Gasteiger partial charge is 0.220 e. The lowest BCUT2D eigenvalue weighted by atomic mass is 10.1. The highest BCUT2D eigenvalue weighted by molar-refractivity contribution is 9.10. The van der Waals surface area contributed by atoms with Crippen LogP contribution in [0.3, 0.4) is 0 Å². The van der Waals surface area contributed by atoms with E-state index in [4.69, 9.17) is 15.2 Å². The number of benzene rings is 3. The second-order valence-electron chi connectivity index (χ2n) is 6.57. The van der Waals surface area contributed by atoms with E-state index in [0.29, 0.717) is 28.5 Å². The quantitative estimate of drug-likeness (QED) is 0.366. The molecule has 0 saturated carbocycles. The molecule has 0 unspecified atom stereocenters. The van der Waals surface area contributed by atoms with Gasteiger partial charge in [-0.05, 0) is 57.9 Å². The van der Waals surface area contributed by atoms with Gasteiger partial charge in [-0.2, -0.15) is 0 Å². The molecule has 3 aromatic carbocycles. The fourth-order valence-corrected chi connectivity index (χ4v) is 3.21. The Labute approximate surface area is 186 Å². The van der Waals surface area contributed by atoms with Gasteiger partial charge in [0.1, 0.15) is 35.4 Å². The normalized spacial score (nSPS) is 10.6. The molecule has 156 valence electrons. The van der Waals surface area contributed by atoms with Crippen LogP contribution < -0.4 is 15.2 Å². The zero-order chi connectivity index (χ0) is 21.8. The van der Waals surface area contributed by atoms with Gasteiger partial charge in [0.15, 0.2) is 5.75 Å². The lowest BCUT2D eigenvalue weighted by Gasteiger charge is -2.13. The summed E-state index contributed by atoms with van der Waals surface area (Å²) in [6.45, 7) is 0.232. The van der Waals surface area contributed by atoms with E-state index < -0.39 is 0 Å². The summed E-state index contributed by atoms with van der Waals surface area (Å²) in [5, 5.41) is 10.6. The van der Waals surface area contributed by atoms with Gasteiger partial charge in [0.05, 0.1) is 10.7 Å². The van der Waals surface area contributed by atoms with Crippen LogP contribution in [0.25, 0.3) is 11.3 Å². The third-order valence-electron chi connectivity index (χ3n) is 4.37. The van der Waals surface area contributed by atoms with Crippen LogP contribution in [0.4, 0.5) is 10.3 Å². The predicted octanol–water partition coefficient (Wildman–Crippen LogP) is 5.70. The minimum Gasteiger partial charge on any atom is -0.507 e. The summed E-state index contributed by atoms with van der Waals surface area (Å²) in [6.07, 6.45) is 1.45. The van der Waals surface area contributed by atoms with Crippen molar-refractivity contribution in [3.8, 4) is 34.3 Å². The fraction of sp³-hybridized carbons (Fsp3) is 0.0435. The summed E-state index contributed by atoms with van der Waals surface area (Å²) in [6, 6.07) is 18.2. The molecule has 3 N–H and O–H groups in total. The maximum absolute atomic E-state index is 13.0. The Morgan fingerprint density at radius 3 is 2.52 bits per heavy atom. The largest absolute Gasteiger partial charge is 0.507 e. The number of hydrogen-bond acceptors (Lipinski definition) is 6. The van der Waals surface area contributed by atoms with E-state index in [2.05, 4.69) is 25.9 Å². The van der Waals surface area contributed by atoms with Gasteiger partial charge in [-0.3, -0.25) is 0 Å². The van der Waals surface area contributed by atoms with E-state index >= 15 is 0 Å². The molecule has 0 fully saturated rings. The van der Waals surface area contributed by atoms with E-state index in [1.165, 1.54) is 24.4 Å². The monoisotopic (exact) mass is 481 g/mol. The number of nitrogens with zero attached hydrogens (tertiary/aromatic N) is 2. The number of hydrogen-bond donors (Lipinski definition) is 2. The van der Waals surface area contributed by atoms with Gasteiger partial charge in [0, 0.05) is 11.6 Å². The number of anilines is 1. The lowest BCUT2D eigenvalue weighted by Crippen LogP contribution is -2.00. The summed E-state index contributed by atoms with van der Waals surface area (Å²) in [4.78, 5) is 8.25. The predicted molar refractivity (Wildman–Crippen MR) is 118 cm³/mol. The van der Waals surface area contributed by atoms with E-state index in [9.17, 15) is 9.50 Å². The van der Waals surface area contributed by atoms with Crippen molar-refractivity contribution in [2.24, 2.45) is 0 Å². The van der Waals surface area contributed by atoms with Crippen molar-refractivity contribution >= 4 is 21.9 Å². The second kappa shape index (κ2) is 9.01. The van der Waals surface area contributed by atoms with Crippen LogP contribution in [0.2, 0.25) is 0 Å². The van der Waals surface area contributed by atoms with Gasteiger partial charge >= 0.3 is 0 Å². The molecule has 1 aromatic heterocycles. The molecule has 0 saturated heterocycles. The number of halogens is 2. The number of aromatic hydroxyl groups is 1. The number of rotatable bonds is 6. The van der Waals surface area contributed by atoms with Crippen LogP contribution >= 0.6 is 15.9 Å². The number of phenolic OH excluding ortho intramolecular Hbond substituents is 1. The van der Waals surface area contributed by atoms with Gasteiger partial charge in [-0.15, -0.1) is 0 Å². The fourth-order valence-electron chi connectivity index (χ4n) is 2.85. The molecule has 0 atom stereocenters. The summed E-state index contributed by atoms with van der Waals surface area (Å²) < 4.78 is 25.4. The first-order chi connectivity index (χ1) is 15.0. The summed E-state index contributed by atoms with van der Waals surface area (Å²) in [5.41, 5.74) is 7.32. The first-order valence-electron chi connectivity index (χ1n) is 9.25. The third-order valence-corrected chi connectivity index (χ3v) is 5.03. The molecule has 4 aromatic rings. The maximum Gasteiger partial charge on any atom is 0.220 e. The van der Waals surface area contributed by atoms with Crippen LogP contribution in [0, 0.1) is 5.82 Å². The SMILES string of the molecule is Nc1ncc(Oc2ccccc2Br)c(-c2ccc(OCc3ccc(F)cc3)cc2O)n1. The highest BCUT2D eigenvalue weighted by Gasteiger charge is 2.16. The maximum atomic E-state index is 13.0. The standard InChI is InChI=1S/C23H17BrFN3O3/c24-18-3-1-2-4-20(18)31-21-12-27-23(26)28-22(21)17-10-9-16(11-19(17)29)30-13-14-5-7-15(25)8-6-14/h1-12,29H,13H2,(H2,26,27,28). The average Bonchev–Trinajstić information content (AvgIpc) is 2.76. The van der Waals surface area contributed by atoms with Crippen LogP contribution in [-0.2, 0) is 6.61 Å². The molecular formula is C23H17BrFN3O3. The van der Waals surface area contributed by atoms with E-state index in [-0.39, 0.29) is 24.1 Å². The topological polar surface area (TPSA) is 90.5 Å². The summed E-state index contributed by atoms with van der Waals surface area (Å²) in [5.74, 6) is 1.01. The van der Waals surface area contributed by atoms with Crippen molar-refractivity contribution in [1.82, 2.24) is 9.97 Å². The first-order valence-corrected chi connectivity index (χ1v) is 10.0. The van der Waals surface area contributed by atoms with Crippen molar-refractivity contribution in [2.45, 2.75) is 6.61 Å². The number of para-hydroxylation sites is 1. The molecule has 0 aliphatic carbocycles. The van der Waals surface area contributed by atoms with Gasteiger partial charge in [-0.1, -0.05) is 24.3 Å². The molecule has 0 bridgehead atoms. The van der Waals surface area contributed by atoms with Crippen molar-refractivity contribution in [2.75, 3.05) is 5.73 Å². The van der Waals surface area contributed by atoms with Gasteiger partial charge < -0.3 is 20.3 Å². The molecule has 8 heteroatoms. The Kier molecular flexibility index (Phi) is 5.99. The minimum atomic E-state index is -0.310. The molecule has 0 amide bonds. The molecular weight excluding hydrogens is 465 g/mol. The molecule has 0 spiro atoms. The lowest BCUT2D eigenvalue weighted by molar-refractivity contribution is 0.304. The first kappa shape index (κ1) is 20.6. The van der Waals surface area contributed by atoms with Crippen LogP contribution in [0.15, 0.2) is 77.4 Å². The molecule has 0 radical (unpaired) electrons. The Hall–Kier alpha value is -3.65. The number of nitrogens with two attached hydrogens (primary N) is 1. The summed E-state index contributed by atoms with van der Waals surface area (Å²) in [7, 11) is 0. The number of nitrogen functional groups attached to an aromatic ring is 1. The van der Waals surface area contributed by atoms with Crippen molar-refractivity contribution in [3.05, 3.63) is 88.8 Å². The van der Waals surface area contributed by atoms with Crippen LogP contribution in [0.1, 0.15) is 5.56 Å². The zero-order valence-corrected chi connectivity index (χ0v) is 17.7. The molecule has 4 rings (SSSR count). The van der Waals surface area contributed by atoms with Gasteiger partial charge in [-0.25, -0.2) is 14.4 Å². The Morgan fingerprint density at radius 1 is 1.00 bits per heavy atom. The Bertz CT molecular complexity index is 1220. The average molecular weight is 482 g/mol. The highest BCUT2D eigenvalue weighted by Crippen LogP contribution is 2.39. The Morgan fingerprint density at radius 2 is 1.77 bits per heavy atom. The number of phenols is 1. The van der Waals surface area contributed by atoms with E-state index in [0.717, 1.165) is 10.0 Å². The van der Waals surface area contributed by atoms with Crippen molar-refractivity contribution < 1.29 is 19.0 Å². The van der Waals surface area contributed by atoms with Gasteiger partial charge in [0.25, 0.3) is 0 Å². The van der Waals surface area contributed by atoms with E-state index in [1.54, 1.807) is 30.3 Å². The van der Waals surface area contributed by atoms with Crippen LogP contribution in [0.5, 0.6) is 23.0 Å². The summed E-state index contributed by atoms with van der Waals surface area (Å²) >= 11 is 3.44. The molecule has 0 aliphatic rings. The highest BCUT2D eigenvalue weighted by atomic mass is 79.9. The van der Waals surface area contributed by atoms with Gasteiger partial charge in [0.2, 0.25) is 5.95 Å². The molecule has 6 nitrogen and oxygen atoms in total. The van der Waals surface area contributed by atoms with Crippen molar-refractivity contribution in [1.29, 1.82) is 0 Å². The second-order valence-corrected chi connectivity index (χ2v) is 7.42. The molecule has 31 heavy (non-hydrogen) atoms. The molecule has 1 heterocycles. The third kappa shape index (κ3) is 4.92.